The van der Waals surface area contributed by atoms with Crippen LogP contribution >= 0.6 is 0 Å². The fourth-order valence-electron chi connectivity index (χ4n) is 1.90. The molecule has 0 saturated carbocycles. The number of hydrogen-bond acceptors (Lipinski definition) is 2. The SMILES string of the molecule is CC(CO)C1CCc2cc(F)ccc2O1. The summed E-state index contributed by atoms with van der Waals surface area (Å²) in [7, 11) is 0. The molecule has 0 amide bonds. The molecule has 2 rings (SSSR count). The molecule has 82 valence electrons. The average molecular weight is 210 g/mol. The van der Waals surface area contributed by atoms with Gasteiger partial charge in [-0.3, -0.25) is 0 Å². The number of ether oxygens (including phenoxy) is 1. The summed E-state index contributed by atoms with van der Waals surface area (Å²) >= 11 is 0. The monoisotopic (exact) mass is 210 g/mol. The van der Waals surface area contributed by atoms with Gasteiger partial charge in [-0.2, -0.15) is 0 Å². The van der Waals surface area contributed by atoms with Crippen molar-refractivity contribution in [2.24, 2.45) is 5.92 Å². The van der Waals surface area contributed by atoms with Gasteiger partial charge in [-0.05, 0) is 36.6 Å². The Morgan fingerprint density at radius 3 is 3.13 bits per heavy atom. The van der Waals surface area contributed by atoms with Gasteiger partial charge in [-0.1, -0.05) is 6.92 Å². The van der Waals surface area contributed by atoms with Crippen LogP contribution in [0, 0.1) is 11.7 Å². The fraction of sp³-hybridized carbons (Fsp3) is 0.500. The van der Waals surface area contributed by atoms with Crippen LogP contribution in [0.15, 0.2) is 18.2 Å². The van der Waals surface area contributed by atoms with E-state index in [9.17, 15) is 4.39 Å². The third kappa shape index (κ3) is 2.12. The molecular weight excluding hydrogens is 195 g/mol. The standard InChI is InChI=1S/C12H15FO2/c1-8(7-14)11-4-2-9-6-10(13)3-5-12(9)15-11/h3,5-6,8,11,14H,2,4,7H2,1H3. The maximum absolute atomic E-state index is 12.9. The van der Waals surface area contributed by atoms with Crippen LogP contribution in [0.5, 0.6) is 5.75 Å². The number of fused-ring (bicyclic) bond motifs is 1. The minimum absolute atomic E-state index is 0.0490. The van der Waals surface area contributed by atoms with Crippen LogP contribution in [-0.2, 0) is 6.42 Å². The highest BCUT2D eigenvalue weighted by Gasteiger charge is 2.24. The highest BCUT2D eigenvalue weighted by molar-refractivity contribution is 5.35. The molecule has 2 nitrogen and oxygen atoms in total. The van der Waals surface area contributed by atoms with Crippen molar-refractivity contribution in [2.45, 2.75) is 25.9 Å². The quantitative estimate of drug-likeness (QED) is 0.810. The maximum Gasteiger partial charge on any atom is 0.123 e. The number of benzene rings is 1. The van der Waals surface area contributed by atoms with Gasteiger partial charge in [0.15, 0.2) is 0 Å². The third-order valence-corrected chi connectivity index (χ3v) is 2.92. The molecular formula is C12H15FO2. The molecule has 3 heteroatoms. The molecule has 0 radical (unpaired) electrons. The van der Waals surface area contributed by atoms with E-state index in [0.717, 1.165) is 24.2 Å². The lowest BCUT2D eigenvalue weighted by molar-refractivity contribution is 0.0800. The highest BCUT2D eigenvalue weighted by Crippen LogP contribution is 2.30. The predicted molar refractivity (Wildman–Crippen MR) is 55.4 cm³/mol. The van der Waals surface area contributed by atoms with Crippen LogP contribution in [0.3, 0.4) is 0 Å². The molecule has 1 N–H and O–H groups in total. The number of aliphatic hydroxyl groups excluding tert-OH is 1. The zero-order valence-electron chi connectivity index (χ0n) is 8.74. The molecule has 1 heterocycles. The minimum atomic E-state index is -0.217. The first kappa shape index (κ1) is 10.4. The van der Waals surface area contributed by atoms with Gasteiger partial charge in [-0.25, -0.2) is 4.39 Å². The van der Waals surface area contributed by atoms with E-state index in [-0.39, 0.29) is 24.4 Å². The van der Waals surface area contributed by atoms with E-state index in [0.29, 0.717) is 0 Å². The Morgan fingerprint density at radius 1 is 1.60 bits per heavy atom. The molecule has 0 saturated heterocycles. The molecule has 1 aromatic carbocycles. The normalized spacial score (nSPS) is 21.7. The lowest BCUT2D eigenvalue weighted by atomic mass is 9.95. The Kier molecular flexibility index (Phi) is 2.91. The molecule has 0 aromatic heterocycles. The van der Waals surface area contributed by atoms with E-state index < -0.39 is 0 Å². The molecule has 0 aliphatic carbocycles. The molecule has 2 unspecified atom stereocenters. The van der Waals surface area contributed by atoms with E-state index in [1.165, 1.54) is 12.1 Å². The van der Waals surface area contributed by atoms with Gasteiger partial charge < -0.3 is 9.84 Å². The van der Waals surface area contributed by atoms with Crippen LogP contribution in [-0.4, -0.2) is 17.8 Å². The Labute approximate surface area is 88.7 Å². The van der Waals surface area contributed by atoms with Crippen LogP contribution in [0.2, 0.25) is 0 Å². The summed E-state index contributed by atoms with van der Waals surface area (Å²) in [6.07, 6.45) is 1.72. The van der Waals surface area contributed by atoms with Gasteiger partial charge in [0.05, 0.1) is 0 Å². The molecule has 0 bridgehead atoms. The molecule has 1 aromatic rings. The van der Waals surface area contributed by atoms with Crippen molar-refractivity contribution < 1.29 is 14.2 Å². The van der Waals surface area contributed by atoms with Gasteiger partial charge in [0, 0.05) is 12.5 Å². The molecule has 1 aliphatic rings. The van der Waals surface area contributed by atoms with E-state index >= 15 is 0 Å². The lowest BCUT2D eigenvalue weighted by Gasteiger charge is -2.29. The van der Waals surface area contributed by atoms with E-state index in [1.54, 1.807) is 6.07 Å². The smallest absolute Gasteiger partial charge is 0.123 e. The molecule has 0 fully saturated rings. The van der Waals surface area contributed by atoms with Gasteiger partial charge in [0.2, 0.25) is 0 Å². The third-order valence-electron chi connectivity index (χ3n) is 2.92. The van der Waals surface area contributed by atoms with Crippen LogP contribution in [0.25, 0.3) is 0 Å². The second kappa shape index (κ2) is 4.19. The second-order valence-corrected chi connectivity index (χ2v) is 4.11. The topological polar surface area (TPSA) is 29.5 Å². The summed E-state index contributed by atoms with van der Waals surface area (Å²) in [4.78, 5) is 0. The van der Waals surface area contributed by atoms with Gasteiger partial charge in [0.25, 0.3) is 0 Å². The van der Waals surface area contributed by atoms with E-state index in [2.05, 4.69) is 0 Å². The number of aliphatic hydroxyl groups is 1. The van der Waals surface area contributed by atoms with Crippen molar-refractivity contribution in [3.63, 3.8) is 0 Å². The summed E-state index contributed by atoms with van der Waals surface area (Å²) in [5.41, 5.74) is 0.927. The van der Waals surface area contributed by atoms with E-state index in [4.69, 9.17) is 9.84 Å². The summed E-state index contributed by atoms with van der Waals surface area (Å²) in [6, 6.07) is 4.60. The van der Waals surface area contributed by atoms with Crippen molar-refractivity contribution in [3.8, 4) is 5.75 Å². The van der Waals surface area contributed by atoms with Gasteiger partial charge >= 0.3 is 0 Å². The highest BCUT2D eigenvalue weighted by atomic mass is 19.1. The molecule has 2 atom stereocenters. The molecule has 0 spiro atoms. The van der Waals surface area contributed by atoms with Crippen molar-refractivity contribution in [1.29, 1.82) is 0 Å². The first-order valence-electron chi connectivity index (χ1n) is 5.26. The Balaban J connectivity index is 2.16. The Morgan fingerprint density at radius 2 is 2.40 bits per heavy atom. The van der Waals surface area contributed by atoms with Crippen LogP contribution in [0.4, 0.5) is 4.39 Å². The molecule has 15 heavy (non-hydrogen) atoms. The second-order valence-electron chi connectivity index (χ2n) is 4.11. The number of rotatable bonds is 2. The van der Waals surface area contributed by atoms with Crippen molar-refractivity contribution in [2.75, 3.05) is 6.61 Å². The number of aryl methyl sites for hydroxylation is 1. The van der Waals surface area contributed by atoms with Crippen LogP contribution < -0.4 is 4.74 Å². The number of hydrogen-bond donors (Lipinski definition) is 1. The van der Waals surface area contributed by atoms with Crippen molar-refractivity contribution in [3.05, 3.63) is 29.6 Å². The van der Waals surface area contributed by atoms with Gasteiger partial charge in [0.1, 0.15) is 17.7 Å². The zero-order valence-corrected chi connectivity index (χ0v) is 8.74. The first-order chi connectivity index (χ1) is 7.20. The summed E-state index contributed by atoms with van der Waals surface area (Å²) in [6.45, 7) is 2.08. The number of halogens is 1. The summed E-state index contributed by atoms with van der Waals surface area (Å²) in [5, 5.41) is 9.04. The average Bonchev–Trinajstić information content (AvgIpc) is 2.27. The van der Waals surface area contributed by atoms with Gasteiger partial charge in [-0.15, -0.1) is 0 Å². The Bertz CT molecular complexity index is 351. The predicted octanol–water partition coefficient (Wildman–Crippen LogP) is 2.15. The van der Waals surface area contributed by atoms with Crippen molar-refractivity contribution >= 4 is 0 Å². The zero-order chi connectivity index (χ0) is 10.8. The minimum Gasteiger partial charge on any atom is -0.490 e. The summed E-state index contributed by atoms with van der Waals surface area (Å²) < 4.78 is 18.6. The first-order valence-corrected chi connectivity index (χ1v) is 5.26. The molecule has 1 aliphatic heterocycles. The lowest BCUT2D eigenvalue weighted by Crippen LogP contribution is -2.31. The Hall–Kier alpha value is -1.09. The maximum atomic E-state index is 12.9. The largest absolute Gasteiger partial charge is 0.490 e. The fourth-order valence-corrected chi connectivity index (χ4v) is 1.90. The summed E-state index contributed by atoms with van der Waals surface area (Å²) in [5.74, 6) is 0.669. The van der Waals surface area contributed by atoms with E-state index in [1.807, 2.05) is 6.92 Å². The van der Waals surface area contributed by atoms with Crippen LogP contribution in [0.1, 0.15) is 18.9 Å². The van der Waals surface area contributed by atoms with Crippen molar-refractivity contribution in [1.82, 2.24) is 0 Å².